The first-order chi connectivity index (χ1) is 9.19. The quantitative estimate of drug-likeness (QED) is 0.899. The second-order valence-corrected chi connectivity index (χ2v) is 5.53. The summed E-state index contributed by atoms with van der Waals surface area (Å²) in [6, 6.07) is 6.45. The zero-order chi connectivity index (χ0) is 13.7. The number of aromatic nitrogens is 1. The Bertz CT molecular complexity index is 432. The van der Waals surface area contributed by atoms with Crippen LogP contribution in [0.4, 0.5) is 5.82 Å². The third kappa shape index (κ3) is 3.93. The fourth-order valence-corrected chi connectivity index (χ4v) is 2.48. The van der Waals surface area contributed by atoms with Crippen molar-refractivity contribution in [1.82, 2.24) is 10.3 Å². The molecule has 19 heavy (non-hydrogen) atoms. The number of rotatable bonds is 4. The predicted molar refractivity (Wildman–Crippen MR) is 77.0 cm³/mol. The molecule has 0 amide bonds. The van der Waals surface area contributed by atoms with Gasteiger partial charge >= 0.3 is 0 Å². The van der Waals surface area contributed by atoms with E-state index in [2.05, 4.69) is 35.1 Å². The van der Waals surface area contributed by atoms with Crippen LogP contribution in [0, 0.1) is 17.2 Å². The minimum atomic E-state index is 0.545. The van der Waals surface area contributed by atoms with Gasteiger partial charge in [0.05, 0.1) is 5.56 Å². The largest absolute Gasteiger partial charge is 0.356 e. The summed E-state index contributed by atoms with van der Waals surface area (Å²) in [5.41, 5.74) is 0.624. The van der Waals surface area contributed by atoms with Gasteiger partial charge in [-0.15, -0.1) is 0 Å². The molecule has 0 aliphatic carbocycles. The Labute approximate surface area is 115 Å². The van der Waals surface area contributed by atoms with E-state index in [1.54, 1.807) is 6.20 Å². The fourth-order valence-electron chi connectivity index (χ4n) is 2.48. The molecule has 1 fully saturated rings. The maximum Gasteiger partial charge on any atom is 0.128 e. The number of nitrogens with zero attached hydrogens (tertiary/aromatic N) is 3. The number of hydrogen-bond acceptors (Lipinski definition) is 4. The average Bonchev–Trinajstić information content (AvgIpc) is 2.45. The van der Waals surface area contributed by atoms with Gasteiger partial charge in [0.25, 0.3) is 0 Å². The highest BCUT2D eigenvalue weighted by Gasteiger charge is 2.20. The zero-order valence-electron chi connectivity index (χ0n) is 11.8. The van der Waals surface area contributed by atoms with Crippen molar-refractivity contribution in [1.29, 1.82) is 5.26 Å². The molecule has 1 unspecified atom stereocenters. The zero-order valence-corrected chi connectivity index (χ0v) is 11.8. The van der Waals surface area contributed by atoms with E-state index in [4.69, 9.17) is 5.26 Å². The van der Waals surface area contributed by atoms with Crippen molar-refractivity contribution in [3.63, 3.8) is 0 Å². The summed E-state index contributed by atoms with van der Waals surface area (Å²) < 4.78 is 0. The lowest BCUT2D eigenvalue weighted by Crippen LogP contribution is -2.41. The van der Waals surface area contributed by atoms with Crippen LogP contribution in [0.15, 0.2) is 18.3 Å². The van der Waals surface area contributed by atoms with Gasteiger partial charge in [0.1, 0.15) is 11.9 Å². The molecule has 4 heteroatoms. The van der Waals surface area contributed by atoms with Gasteiger partial charge in [0.15, 0.2) is 0 Å². The van der Waals surface area contributed by atoms with Gasteiger partial charge in [-0.2, -0.15) is 5.26 Å². The molecule has 1 atom stereocenters. The molecule has 2 heterocycles. The Morgan fingerprint density at radius 3 is 3.00 bits per heavy atom. The van der Waals surface area contributed by atoms with Crippen LogP contribution in [0.25, 0.3) is 0 Å². The van der Waals surface area contributed by atoms with E-state index >= 15 is 0 Å². The maximum atomic E-state index is 8.79. The van der Waals surface area contributed by atoms with E-state index in [1.165, 1.54) is 12.8 Å². The highest BCUT2D eigenvalue weighted by Crippen LogP contribution is 2.21. The fraction of sp³-hybridized carbons (Fsp3) is 0.600. The Hall–Kier alpha value is -1.60. The average molecular weight is 258 g/mol. The van der Waals surface area contributed by atoms with Crippen LogP contribution in [0.5, 0.6) is 0 Å². The molecule has 1 aliphatic rings. The van der Waals surface area contributed by atoms with E-state index in [0.29, 0.717) is 17.5 Å². The van der Waals surface area contributed by atoms with Gasteiger partial charge in [0, 0.05) is 25.3 Å². The van der Waals surface area contributed by atoms with Crippen LogP contribution < -0.4 is 10.2 Å². The number of anilines is 1. The van der Waals surface area contributed by atoms with Crippen molar-refractivity contribution in [2.75, 3.05) is 24.5 Å². The summed E-state index contributed by atoms with van der Waals surface area (Å²) in [5.74, 6) is 1.68. The molecule has 4 nitrogen and oxygen atoms in total. The van der Waals surface area contributed by atoms with Gasteiger partial charge in [0.2, 0.25) is 0 Å². The molecule has 102 valence electrons. The number of nitrogens with one attached hydrogen (secondary N) is 1. The predicted octanol–water partition coefficient (Wildman–Crippen LogP) is 2.17. The molecule has 0 spiro atoms. The molecule has 0 radical (unpaired) electrons. The molecule has 2 rings (SSSR count). The topological polar surface area (TPSA) is 52.0 Å². The summed E-state index contributed by atoms with van der Waals surface area (Å²) in [6.07, 6.45) is 4.16. The summed E-state index contributed by atoms with van der Waals surface area (Å²) in [7, 11) is 0. The van der Waals surface area contributed by atoms with Gasteiger partial charge in [-0.1, -0.05) is 13.8 Å². The van der Waals surface area contributed by atoms with Crippen molar-refractivity contribution < 1.29 is 0 Å². The summed E-state index contributed by atoms with van der Waals surface area (Å²) >= 11 is 0. The van der Waals surface area contributed by atoms with Crippen molar-refractivity contribution >= 4 is 5.82 Å². The van der Waals surface area contributed by atoms with Gasteiger partial charge in [-0.3, -0.25) is 0 Å². The van der Waals surface area contributed by atoms with E-state index in [0.717, 1.165) is 25.5 Å². The van der Waals surface area contributed by atoms with Crippen molar-refractivity contribution in [3.05, 3.63) is 23.9 Å². The molecular weight excluding hydrogens is 236 g/mol. The van der Waals surface area contributed by atoms with Gasteiger partial charge in [-0.05, 0) is 37.4 Å². The molecule has 0 bridgehead atoms. The monoisotopic (exact) mass is 258 g/mol. The van der Waals surface area contributed by atoms with Crippen LogP contribution >= 0.6 is 0 Å². The van der Waals surface area contributed by atoms with Crippen LogP contribution in [0.3, 0.4) is 0 Å². The molecule has 1 aliphatic heterocycles. The number of piperidine rings is 1. The van der Waals surface area contributed by atoms with E-state index in [1.807, 2.05) is 12.1 Å². The van der Waals surface area contributed by atoms with E-state index < -0.39 is 0 Å². The molecular formula is C15H22N4. The first kappa shape index (κ1) is 13.8. The highest BCUT2D eigenvalue weighted by molar-refractivity contribution is 5.42. The molecule has 1 N–H and O–H groups in total. The Balaban J connectivity index is 1.94. The standard InChI is InChI=1S/C15H22N4/c1-12(2)17-10-14-4-3-7-19(11-14)15-6-5-13(8-16)9-18-15/h5-6,9,12,14,17H,3-4,7,10-11H2,1-2H3. The molecule has 0 aromatic carbocycles. The van der Waals surface area contributed by atoms with Crippen LogP contribution in [-0.4, -0.2) is 30.7 Å². The van der Waals surface area contributed by atoms with Crippen LogP contribution in [0.1, 0.15) is 32.3 Å². The normalized spacial score (nSPS) is 19.5. The lowest BCUT2D eigenvalue weighted by Gasteiger charge is -2.34. The Kier molecular flexibility index (Phi) is 4.75. The minimum Gasteiger partial charge on any atom is -0.356 e. The van der Waals surface area contributed by atoms with E-state index in [9.17, 15) is 0 Å². The second kappa shape index (κ2) is 6.53. The van der Waals surface area contributed by atoms with Crippen molar-refractivity contribution in [2.45, 2.75) is 32.7 Å². The summed E-state index contributed by atoms with van der Waals surface area (Å²) in [5, 5.41) is 12.3. The first-order valence-corrected chi connectivity index (χ1v) is 7.03. The molecule has 1 saturated heterocycles. The van der Waals surface area contributed by atoms with Gasteiger partial charge in [-0.25, -0.2) is 4.98 Å². The molecule has 1 aromatic heterocycles. The third-order valence-corrected chi connectivity index (χ3v) is 3.53. The Morgan fingerprint density at radius 2 is 2.37 bits per heavy atom. The van der Waals surface area contributed by atoms with Crippen molar-refractivity contribution in [2.24, 2.45) is 5.92 Å². The molecule has 1 aromatic rings. The smallest absolute Gasteiger partial charge is 0.128 e. The summed E-state index contributed by atoms with van der Waals surface area (Å²) in [6.45, 7) is 7.56. The summed E-state index contributed by atoms with van der Waals surface area (Å²) in [4.78, 5) is 6.72. The third-order valence-electron chi connectivity index (χ3n) is 3.53. The maximum absolute atomic E-state index is 8.79. The highest BCUT2D eigenvalue weighted by atomic mass is 15.2. The first-order valence-electron chi connectivity index (χ1n) is 7.03. The minimum absolute atomic E-state index is 0.545. The van der Waals surface area contributed by atoms with Gasteiger partial charge < -0.3 is 10.2 Å². The van der Waals surface area contributed by atoms with Crippen LogP contribution in [-0.2, 0) is 0 Å². The SMILES string of the molecule is CC(C)NCC1CCCN(c2ccc(C#N)cn2)C1. The molecule has 0 saturated carbocycles. The number of nitriles is 1. The lowest BCUT2D eigenvalue weighted by atomic mass is 9.97. The number of hydrogen-bond donors (Lipinski definition) is 1. The van der Waals surface area contributed by atoms with E-state index in [-0.39, 0.29) is 0 Å². The second-order valence-electron chi connectivity index (χ2n) is 5.53. The lowest BCUT2D eigenvalue weighted by molar-refractivity contribution is 0.378. The van der Waals surface area contributed by atoms with Crippen molar-refractivity contribution in [3.8, 4) is 6.07 Å². The van der Waals surface area contributed by atoms with Crippen LogP contribution in [0.2, 0.25) is 0 Å². The Morgan fingerprint density at radius 1 is 1.53 bits per heavy atom. The number of pyridine rings is 1.